The minimum atomic E-state index is 0.812. The van der Waals surface area contributed by atoms with Crippen molar-refractivity contribution in [3.63, 3.8) is 0 Å². The Morgan fingerprint density at radius 2 is 1.52 bits per heavy atom. The zero-order chi connectivity index (χ0) is 20.3. The Morgan fingerprint density at radius 3 is 2.24 bits per heavy atom. The average Bonchev–Trinajstić information content (AvgIpc) is 3.30. The van der Waals surface area contributed by atoms with Crippen molar-refractivity contribution < 1.29 is 4.74 Å². The number of nitrogens with zero attached hydrogens (tertiary/aromatic N) is 2. The Morgan fingerprint density at radius 1 is 0.828 bits per heavy atom. The summed E-state index contributed by atoms with van der Waals surface area (Å²) in [6, 6.07) is 8.38. The number of aryl methyl sites for hydroxylation is 1. The van der Waals surface area contributed by atoms with Crippen molar-refractivity contribution in [3.8, 4) is 17.0 Å². The van der Waals surface area contributed by atoms with Gasteiger partial charge in [-0.05, 0) is 43.5 Å². The monoisotopic (exact) mass is 412 g/mol. The summed E-state index contributed by atoms with van der Waals surface area (Å²) in [4.78, 5) is 7.36. The van der Waals surface area contributed by atoms with Crippen LogP contribution in [0.5, 0.6) is 5.75 Å². The van der Waals surface area contributed by atoms with Gasteiger partial charge in [0.15, 0.2) is 4.96 Å². The molecule has 2 aromatic heterocycles. The quantitative estimate of drug-likeness (QED) is 0.251. The molecule has 0 bridgehead atoms. The summed E-state index contributed by atoms with van der Waals surface area (Å²) in [5.41, 5.74) is 2.19. The van der Waals surface area contributed by atoms with E-state index in [0.29, 0.717) is 0 Å². The highest BCUT2D eigenvalue weighted by atomic mass is 32.1. The van der Waals surface area contributed by atoms with E-state index in [4.69, 9.17) is 9.72 Å². The van der Waals surface area contributed by atoms with Gasteiger partial charge in [-0.3, -0.25) is 4.40 Å². The second kappa shape index (κ2) is 12.0. The van der Waals surface area contributed by atoms with Crippen LogP contribution in [0.4, 0.5) is 0 Å². The summed E-state index contributed by atoms with van der Waals surface area (Å²) in [5.74, 6) is 0.956. The average molecular weight is 413 g/mol. The third-order valence-electron chi connectivity index (χ3n) is 5.40. The van der Waals surface area contributed by atoms with Crippen molar-refractivity contribution in [1.29, 1.82) is 0 Å². The normalized spacial score (nSPS) is 11.4. The van der Waals surface area contributed by atoms with Crippen molar-refractivity contribution in [1.82, 2.24) is 9.38 Å². The predicted octanol–water partition coefficient (Wildman–Crippen LogP) is 7.92. The first-order valence-electron chi connectivity index (χ1n) is 11.5. The molecule has 158 valence electrons. The largest absolute Gasteiger partial charge is 0.494 e. The molecule has 0 unspecified atom stereocenters. The molecule has 0 aliphatic carbocycles. The Balaban J connectivity index is 1.46. The summed E-state index contributed by atoms with van der Waals surface area (Å²) < 4.78 is 8.07. The number of ether oxygens (including phenoxy) is 1. The molecule has 0 amide bonds. The number of rotatable bonds is 14. The fourth-order valence-electron chi connectivity index (χ4n) is 3.62. The molecule has 2 heterocycles. The molecule has 0 saturated carbocycles. The Kier molecular flexibility index (Phi) is 9.07. The van der Waals surface area contributed by atoms with E-state index in [1.54, 1.807) is 0 Å². The van der Waals surface area contributed by atoms with Crippen LogP contribution in [-0.4, -0.2) is 16.0 Å². The van der Waals surface area contributed by atoms with E-state index in [9.17, 15) is 0 Å². The molecule has 1 aromatic carbocycles. The van der Waals surface area contributed by atoms with Crippen LogP contribution in [-0.2, 0) is 6.42 Å². The van der Waals surface area contributed by atoms with Gasteiger partial charge < -0.3 is 4.74 Å². The highest BCUT2D eigenvalue weighted by Gasteiger charge is 2.08. The second-order valence-electron chi connectivity index (χ2n) is 7.96. The van der Waals surface area contributed by atoms with Gasteiger partial charge in [0.1, 0.15) is 5.75 Å². The Labute approximate surface area is 180 Å². The first-order valence-corrected chi connectivity index (χ1v) is 12.3. The van der Waals surface area contributed by atoms with Crippen molar-refractivity contribution in [2.75, 3.05) is 6.61 Å². The minimum Gasteiger partial charge on any atom is -0.494 e. The van der Waals surface area contributed by atoms with Gasteiger partial charge in [0, 0.05) is 22.8 Å². The lowest BCUT2D eigenvalue weighted by atomic mass is 10.1. The van der Waals surface area contributed by atoms with Crippen LogP contribution >= 0.6 is 11.3 Å². The van der Waals surface area contributed by atoms with Gasteiger partial charge in [0.2, 0.25) is 0 Å². The van der Waals surface area contributed by atoms with E-state index >= 15 is 0 Å². The fourth-order valence-corrected chi connectivity index (χ4v) is 4.62. The molecule has 0 fully saturated rings. The van der Waals surface area contributed by atoms with Gasteiger partial charge in [-0.15, -0.1) is 11.3 Å². The van der Waals surface area contributed by atoms with Gasteiger partial charge in [-0.25, -0.2) is 4.98 Å². The molecular weight excluding hydrogens is 376 g/mol. The molecule has 3 aromatic rings. The molecule has 0 spiro atoms. The fraction of sp³-hybridized carbons (Fsp3) is 0.560. The zero-order valence-electron chi connectivity index (χ0n) is 18.2. The molecule has 0 aliphatic rings. The maximum absolute atomic E-state index is 5.89. The highest BCUT2D eigenvalue weighted by molar-refractivity contribution is 7.17. The Hall–Kier alpha value is -1.81. The van der Waals surface area contributed by atoms with Gasteiger partial charge in [-0.1, -0.05) is 65.2 Å². The summed E-state index contributed by atoms with van der Waals surface area (Å²) in [6.07, 6.45) is 18.6. The number of benzene rings is 1. The minimum absolute atomic E-state index is 0.812. The number of thiazole rings is 1. The third-order valence-corrected chi connectivity index (χ3v) is 6.45. The molecule has 3 rings (SSSR count). The second-order valence-corrected chi connectivity index (χ2v) is 9.06. The molecule has 3 nitrogen and oxygen atoms in total. The number of fused-ring (bicyclic) bond motifs is 1. The highest BCUT2D eigenvalue weighted by Crippen LogP contribution is 2.26. The standard InChI is InChI=1S/C25H36N2OS/c1-3-5-7-9-10-12-18-28-22-16-14-21(15-17-22)24-20-27-19-23(29-25(27)26-24)13-11-8-6-4-2/h14-17,19-20H,3-13,18H2,1-2H3. The Bertz CT molecular complexity index is 803. The van der Waals surface area contributed by atoms with Crippen LogP contribution in [0.1, 0.15) is 82.9 Å². The van der Waals surface area contributed by atoms with E-state index < -0.39 is 0 Å². The van der Waals surface area contributed by atoms with Crippen molar-refractivity contribution in [2.45, 2.75) is 84.5 Å². The van der Waals surface area contributed by atoms with E-state index in [1.807, 2.05) is 11.3 Å². The van der Waals surface area contributed by atoms with Crippen LogP contribution in [0.2, 0.25) is 0 Å². The van der Waals surface area contributed by atoms with Crippen LogP contribution in [0.3, 0.4) is 0 Å². The molecule has 4 heteroatoms. The van der Waals surface area contributed by atoms with Crippen molar-refractivity contribution in [3.05, 3.63) is 41.5 Å². The lowest BCUT2D eigenvalue weighted by Gasteiger charge is -2.06. The van der Waals surface area contributed by atoms with Gasteiger partial charge in [-0.2, -0.15) is 0 Å². The number of hydrogen-bond donors (Lipinski definition) is 0. The predicted molar refractivity (Wildman–Crippen MR) is 125 cm³/mol. The number of unbranched alkanes of at least 4 members (excludes halogenated alkanes) is 8. The molecule has 0 N–H and O–H groups in total. The summed E-state index contributed by atoms with van der Waals surface area (Å²) >= 11 is 1.82. The van der Waals surface area contributed by atoms with Crippen molar-refractivity contribution in [2.24, 2.45) is 0 Å². The number of hydrogen-bond acceptors (Lipinski definition) is 3. The van der Waals surface area contributed by atoms with E-state index in [-0.39, 0.29) is 0 Å². The SMILES string of the molecule is CCCCCCCCOc1ccc(-c2cn3cc(CCCCCC)sc3n2)cc1. The molecular formula is C25H36N2OS. The van der Waals surface area contributed by atoms with E-state index in [2.05, 4.69) is 54.9 Å². The smallest absolute Gasteiger partial charge is 0.194 e. The lowest BCUT2D eigenvalue weighted by Crippen LogP contribution is -1.97. The van der Waals surface area contributed by atoms with Gasteiger partial charge >= 0.3 is 0 Å². The zero-order valence-corrected chi connectivity index (χ0v) is 19.0. The van der Waals surface area contributed by atoms with Crippen LogP contribution in [0.15, 0.2) is 36.7 Å². The van der Waals surface area contributed by atoms with Crippen molar-refractivity contribution >= 4 is 16.3 Å². The molecule has 0 aliphatic heterocycles. The molecule has 0 saturated heterocycles. The topological polar surface area (TPSA) is 26.5 Å². The number of aromatic nitrogens is 2. The van der Waals surface area contributed by atoms with Crippen LogP contribution < -0.4 is 4.74 Å². The molecule has 0 radical (unpaired) electrons. The maximum atomic E-state index is 5.89. The number of imidazole rings is 1. The molecule has 0 atom stereocenters. The summed E-state index contributed by atoms with van der Waals surface area (Å²) in [6.45, 7) is 5.33. The third kappa shape index (κ3) is 6.88. The summed E-state index contributed by atoms with van der Waals surface area (Å²) in [7, 11) is 0. The van der Waals surface area contributed by atoms with E-state index in [0.717, 1.165) is 35.0 Å². The first-order chi connectivity index (χ1) is 14.3. The van der Waals surface area contributed by atoms with Crippen LogP contribution in [0, 0.1) is 0 Å². The van der Waals surface area contributed by atoms with Crippen LogP contribution in [0.25, 0.3) is 16.2 Å². The van der Waals surface area contributed by atoms with Gasteiger partial charge in [0.25, 0.3) is 0 Å². The first kappa shape index (κ1) is 21.9. The summed E-state index contributed by atoms with van der Waals surface area (Å²) in [5, 5.41) is 0. The molecule has 29 heavy (non-hydrogen) atoms. The maximum Gasteiger partial charge on any atom is 0.194 e. The van der Waals surface area contributed by atoms with Gasteiger partial charge in [0.05, 0.1) is 12.3 Å². The lowest BCUT2D eigenvalue weighted by molar-refractivity contribution is 0.304. The van der Waals surface area contributed by atoms with E-state index in [1.165, 1.54) is 69.1 Å².